The van der Waals surface area contributed by atoms with Crippen molar-refractivity contribution < 1.29 is 37.7 Å². The van der Waals surface area contributed by atoms with Crippen LogP contribution in [-0.4, -0.2) is 37.6 Å². The molecule has 1 heterocycles. The number of carbonyl (C=O) groups excluding carboxylic acids is 2. The largest absolute Gasteiger partial charge is 0.507 e. The van der Waals surface area contributed by atoms with E-state index in [1.165, 1.54) is 26.4 Å². The van der Waals surface area contributed by atoms with Crippen LogP contribution in [0, 0.1) is 11.6 Å². The van der Waals surface area contributed by atoms with E-state index in [-0.39, 0.29) is 22.6 Å². The first-order valence-electron chi connectivity index (χ1n) is 11.0. The minimum absolute atomic E-state index is 0.0495. The van der Waals surface area contributed by atoms with Crippen LogP contribution in [-0.2, 0) is 9.59 Å². The van der Waals surface area contributed by atoms with Gasteiger partial charge in [0.1, 0.15) is 23.0 Å². The van der Waals surface area contributed by atoms with Gasteiger partial charge in [0.2, 0.25) is 0 Å². The third kappa shape index (κ3) is 4.35. The van der Waals surface area contributed by atoms with E-state index in [0.29, 0.717) is 23.7 Å². The van der Waals surface area contributed by atoms with E-state index in [9.17, 15) is 23.5 Å². The summed E-state index contributed by atoms with van der Waals surface area (Å²) in [7, 11) is 2.83. The molecule has 4 rings (SSSR count). The van der Waals surface area contributed by atoms with E-state index >= 15 is 0 Å². The quantitative estimate of drug-likeness (QED) is 0.282. The second-order valence-electron chi connectivity index (χ2n) is 7.84. The molecule has 1 aliphatic heterocycles. The minimum atomic E-state index is -1.19. The third-order valence-corrected chi connectivity index (χ3v) is 5.79. The summed E-state index contributed by atoms with van der Waals surface area (Å²) in [5, 5.41) is 11.4. The summed E-state index contributed by atoms with van der Waals surface area (Å²) in [4.78, 5) is 27.5. The molecule has 0 aromatic heterocycles. The van der Waals surface area contributed by atoms with E-state index in [4.69, 9.17) is 14.2 Å². The van der Waals surface area contributed by atoms with Gasteiger partial charge >= 0.3 is 0 Å². The molecule has 186 valence electrons. The Morgan fingerprint density at radius 3 is 2.22 bits per heavy atom. The molecule has 0 bridgehead atoms. The number of benzene rings is 3. The number of carbonyl (C=O) groups is 2. The van der Waals surface area contributed by atoms with Gasteiger partial charge < -0.3 is 19.3 Å². The monoisotopic (exact) mass is 495 g/mol. The van der Waals surface area contributed by atoms with Crippen LogP contribution in [0.15, 0.2) is 66.2 Å². The highest BCUT2D eigenvalue weighted by Crippen LogP contribution is 2.44. The summed E-state index contributed by atoms with van der Waals surface area (Å²) < 4.78 is 43.8. The number of rotatable bonds is 7. The third-order valence-electron chi connectivity index (χ3n) is 5.79. The van der Waals surface area contributed by atoms with Crippen molar-refractivity contribution in [2.75, 3.05) is 25.7 Å². The Bertz CT molecular complexity index is 1350. The lowest BCUT2D eigenvalue weighted by molar-refractivity contribution is -0.132. The van der Waals surface area contributed by atoms with Crippen molar-refractivity contribution in [1.29, 1.82) is 0 Å². The fraction of sp³-hybridized carbons (Fsp3) is 0.185. The molecule has 1 N–H and O–H groups in total. The van der Waals surface area contributed by atoms with Crippen molar-refractivity contribution in [2.24, 2.45) is 0 Å². The summed E-state index contributed by atoms with van der Waals surface area (Å²) in [6.07, 6.45) is 0. The number of hydrogen-bond donors (Lipinski definition) is 1. The van der Waals surface area contributed by atoms with Crippen LogP contribution in [0.25, 0.3) is 5.76 Å². The first kappa shape index (κ1) is 24.7. The average Bonchev–Trinajstić information content (AvgIpc) is 3.15. The van der Waals surface area contributed by atoms with Crippen molar-refractivity contribution in [3.63, 3.8) is 0 Å². The zero-order valence-electron chi connectivity index (χ0n) is 19.7. The first-order valence-corrected chi connectivity index (χ1v) is 11.0. The number of ketones is 1. The van der Waals surface area contributed by atoms with Crippen molar-refractivity contribution in [3.05, 3.63) is 89.0 Å². The summed E-state index contributed by atoms with van der Waals surface area (Å²) >= 11 is 0. The number of aliphatic hydroxyl groups is 1. The van der Waals surface area contributed by atoms with Crippen molar-refractivity contribution in [3.8, 4) is 17.2 Å². The number of ether oxygens (including phenoxy) is 3. The Labute approximate surface area is 206 Å². The Kier molecular flexibility index (Phi) is 6.91. The number of halogens is 2. The highest BCUT2D eigenvalue weighted by Gasteiger charge is 2.47. The van der Waals surface area contributed by atoms with Crippen molar-refractivity contribution >= 4 is 23.1 Å². The van der Waals surface area contributed by atoms with Gasteiger partial charge in [-0.2, -0.15) is 0 Å². The van der Waals surface area contributed by atoms with Crippen LogP contribution in [0.5, 0.6) is 17.2 Å². The SMILES string of the molecule is CCOc1ccc(C2/C(=C(\O)c3cc(OC)ccc3OC)C(=O)C(=O)N2c2ccc(F)c(F)c2)cc1. The molecule has 0 radical (unpaired) electrons. The lowest BCUT2D eigenvalue weighted by Crippen LogP contribution is -2.29. The molecule has 3 aromatic carbocycles. The fourth-order valence-corrected chi connectivity index (χ4v) is 4.11. The van der Waals surface area contributed by atoms with Crippen LogP contribution < -0.4 is 19.1 Å². The molecule has 1 unspecified atom stereocenters. The van der Waals surface area contributed by atoms with Gasteiger partial charge in [-0.3, -0.25) is 14.5 Å². The van der Waals surface area contributed by atoms with Crippen LogP contribution >= 0.6 is 0 Å². The molecule has 1 aliphatic rings. The summed E-state index contributed by atoms with van der Waals surface area (Å²) in [6.45, 7) is 2.26. The van der Waals surface area contributed by atoms with Crippen LogP contribution in [0.1, 0.15) is 24.1 Å². The highest BCUT2D eigenvalue weighted by molar-refractivity contribution is 6.51. The summed E-state index contributed by atoms with van der Waals surface area (Å²) in [5.41, 5.74) is 0.258. The predicted octanol–water partition coefficient (Wildman–Crippen LogP) is 5.01. The highest BCUT2D eigenvalue weighted by atomic mass is 19.2. The molecule has 0 aliphatic carbocycles. The van der Waals surface area contributed by atoms with Gasteiger partial charge in [-0.25, -0.2) is 8.78 Å². The standard InChI is InChI=1S/C27H23F2NO6/c1-4-36-17-8-5-15(6-9-17)24-23(25(31)19-14-18(34-2)10-12-22(19)35-3)26(32)27(33)30(24)16-7-11-20(28)21(29)13-16/h5-14,24,31H,4H2,1-3H3/b25-23+. The van der Waals surface area contributed by atoms with Gasteiger partial charge in [-0.1, -0.05) is 12.1 Å². The molecule has 7 nitrogen and oxygen atoms in total. The van der Waals surface area contributed by atoms with Gasteiger partial charge in [0.15, 0.2) is 11.6 Å². The lowest BCUT2D eigenvalue weighted by Gasteiger charge is -2.26. The molecule has 3 aromatic rings. The Morgan fingerprint density at radius 2 is 1.61 bits per heavy atom. The maximum atomic E-state index is 14.1. The van der Waals surface area contributed by atoms with Crippen LogP contribution in [0.2, 0.25) is 0 Å². The maximum Gasteiger partial charge on any atom is 0.300 e. The number of Topliss-reactive ketones (excluding diaryl/α,β-unsaturated/α-hetero) is 1. The second kappa shape index (κ2) is 10.1. The van der Waals surface area contributed by atoms with Gasteiger partial charge in [0.05, 0.1) is 38.0 Å². The Hall–Kier alpha value is -4.40. The number of methoxy groups -OCH3 is 2. The molecule has 9 heteroatoms. The predicted molar refractivity (Wildman–Crippen MR) is 128 cm³/mol. The van der Waals surface area contributed by atoms with Gasteiger partial charge in [-0.15, -0.1) is 0 Å². The van der Waals surface area contributed by atoms with E-state index in [2.05, 4.69) is 0 Å². The normalized spacial score (nSPS) is 16.8. The van der Waals surface area contributed by atoms with E-state index in [1.54, 1.807) is 36.4 Å². The Morgan fingerprint density at radius 1 is 0.917 bits per heavy atom. The number of anilines is 1. The first-order chi connectivity index (χ1) is 17.3. The number of hydrogen-bond acceptors (Lipinski definition) is 6. The van der Waals surface area contributed by atoms with Crippen molar-refractivity contribution in [2.45, 2.75) is 13.0 Å². The van der Waals surface area contributed by atoms with E-state index in [0.717, 1.165) is 17.0 Å². The maximum absolute atomic E-state index is 14.1. The lowest BCUT2D eigenvalue weighted by atomic mass is 9.94. The smallest absolute Gasteiger partial charge is 0.300 e. The zero-order chi connectivity index (χ0) is 26.0. The molecule has 36 heavy (non-hydrogen) atoms. The number of nitrogens with zero attached hydrogens (tertiary/aromatic N) is 1. The molecule has 1 saturated heterocycles. The second-order valence-corrected chi connectivity index (χ2v) is 7.84. The molecule has 0 saturated carbocycles. The molecular formula is C27H23F2NO6. The minimum Gasteiger partial charge on any atom is -0.507 e. The average molecular weight is 495 g/mol. The number of amides is 1. The summed E-state index contributed by atoms with van der Waals surface area (Å²) in [5.74, 6) is -3.64. The van der Waals surface area contributed by atoms with Crippen LogP contribution in [0.3, 0.4) is 0 Å². The molecule has 1 amide bonds. The van der Waals surface area contributed by atoms with E-state index < -0.39 is 35.1 Å². The van der Waals surface area contributed by atoms with E-state index in [1.807, 2.05) is 6.92 Å². The zero-order valence-corrected chi connectivity index (χ0v) is 19.7. The van der Waals surface area contributed by atoms with Crippen molar-refractivity contribution in [1.82, 2.24) is 0 Å². The molecular weight excluding hydrogens is 472 g/mol. The number of aliphatic hydroxyl groups excluding tert-OH is 1. The van der Waals surface area contributed by atoms with Gasteiger partial charge in [0, 0.05) is 11.8 Å². The van der Waals surface area contributed by atoms with Gasteiger partial charge in [0.25, 0.3) is 11.7 Å². The van der Waals surface area contributed by atoms with Crippen LogP contribution in [0.4, 0.5) is 14.5 Å². The fourth-order valence-electron chi connectivity index (χ4n) is 4.11. The topological polar surface area (TPSA) is 85.3 Å². The molecule has 1 fully saturated rings. The molecule has 1 atom stereocenters. The molecule has 0 spiro atoms. The Balaban J connectivity index is 1.96. The van der Waals surface area contributed by atoms with Gasteiger partial charge in [-0.05, 0) is 55.0 Å². The summed E-state index contributed by atoms with van der Waals surface area (Å²) in [6, 6.07) is 12.9.